The number of Topliss-reactive ketones (excluding diaryl/α,β-unsaturated/α-hetero) is 1. The topological polar surface area (TPSA) is 38.3 Å². The molecule has 0 amide bonds. The molecule has 0 unspecified atom stereocenters. The number of benzene rings is 1. The normalized spacial score (nSPS) is 11.3. The monoisotopic (exact) mass is 261 g/mol. The number of nitrogens with one attached hydrogen (secondary N) is 1. The average Bonchev–Trinajstić information content (AvgIpc) is 2.27. The Morgan fingerprint density at radius 2 is 2.11 bits per heavy atom. The fourth-order valence-electron chi connectivity index (χ4n) is 1.39. The molecule has 1 N–H and O–H groups in total. The summed E-state index contributed by atoms with van der Waals surface area (Å²) in [6, 6.07) is 5.09. The van der Waals surface area contributed by atoms with E-state index in [1.165, 1.54) is 12.1 Å². The first-order valence-electron chi connectivity index (χ1n) is 5.52. The Hall–Kier alpha value is -1.56. The number of carbonyl (C=O) groups excluding carboxylic acids is 1. The van der Waals surface area contributed by atoms with Gasteiger partial charge in [-0.15, -0.1) is 13.2 Å². The summed E-state index contributed by atoms with van der Waals surface area (Å²) in [6.07, 6.45) is -4.51. The van der Waals surface area contributed by atoms with Gasteiger partial charge in [-0.25, -0.2) is 0 Å². The highest BCUT2D eigenvalue weighted by Gasteiger charge is 2.31. The van der Waals surface area contributed by atoms with Gasteiger partial charge in [0.25, 0.3) is 0 Å². The first-order valence-corrected chi connectivity index (χ1v) is 5.52. The van der Waals surface area contributed by atoms with E-state index in [-0.39, 0.29) is 23.5 Å². The molecule has 0 fully saturated rings. The first kappa shape index (κ1) is 14.5. The van der Waals surface area contributed by atoms with Crippen LogP contribution in [0, 0.1) is 0 Å². The lowest BCUT2D eigenvalue weighted by Crippen LogP contribution is -2.18. The SMILES string of the molecule is CCNCCC(=O)c1cccc(OC(F)(F)F)c1. The van der Waals surface area contributed by atoms with Crippen LogP contribution in [0.5, 0.6) is 5.75 Å². The minimum Gasteiger partial charge on any atom is -0.406 e. The van der Waals surface area contributed by atoms with E-state index >= 15 is 0 Å². The van der Waals surface area contributed by atoms with E-state index in [2.05, 4.69) is 10.1 Å². The number of ketones is 1. The predicted molar refractivity (Wildman–Crippen MR) is 60.6 cm³/mol. The largest absolute Gasteiger partial charge is 0.573 e. The Morgan fingerprint density at radius 1 is 1.39 bits per heavy atom. The highest BCUT2D eigenvalue weighted by Crippen LogP contribution is 2.23. The molecule has 0 aromatic heterocycles. The Balaban J connectivity index is 2.66. The fourth-order valence-corrected chi connectivity index (χ4v) is 1.39. The van der Waals surface area contributed by atoms with Gasteiger partial charge in [-0.05, 0) is 18.7 Å². The van der Waals surface area contributed by atoms with Crippen molar-refractivity contribution >= 4 is 5.78 Å². The van der Waals surface area contributed by atoms with Crippen LogP contribution in [0.15, 0.2) is 24.3 Å². The molecule has 0 aliphatic carbocycles. The summed E-state index contributed by atoms with van der Waals surface area (Å²) < 4.78 is 39.8. The summed E-state index contributed by atoms with van der Waals surface area (Å²) in [7, 11) is 0. The van der Waals surface area contributed by atoms with Crippen molar-refractivity contribution in [3.63, 3.8) is 0 Å². The van der Waals surface area contributed by atoms with Crippen molar-refractivity contribution in [2.75, 3.05) is 13.1 Å². The molecule has 6 heteroatoms. The number of alkyl halides is 3. The van der Waals surface area contributed by atoms with Crippen LogP contribution in [0.4, 0.5) is 13.2 Å². The summed E-state index contributed by atoms with van der Waals surface area (Å²) in [6.45, 7) is 3.15. The van der Waals surface area contributed by atoms with Crippen LogP contribution in [0.25, 0.3) is 0 Å². The molecule has 1 aromatic rings. The molecule has 0 spiro atoms. The second kappa shape index (κ2) is 6.39. The second-order valence-corrected chi connectivity index (χ2v) is 3.60. The quantitative estimate of drug-likeness (QED) is 0.632. The van der Waals surface area contributed by atoms with Crippen molar-refractivity contribution in [3.05, 3.63) is 29.8 Å². The van der Waals surface area contributed by atoms with E-state index in [9.17, 15) is 18.0 Å². The molecule has 0 saturated heterocycles. The fraction of sp³-hybridized carbons (Fsp3) is 0.417. The van der Waals surface area contributed by atoms with Crippen molar-refractivity contribution in [1.82, 2.24) is 5.32 Å². The molecule has 0 heterocycles. The molecule has 1 rings (SSSR count). The molecule has 100 valence electrons. The van der Waals surface area contributed by atoms with E-state index < -0.39 is 6.36 Å². The summed E-state index contributed by atoms with van der Waals surface area (Å²) >= 11 is 0. The molecule has 0 aliphatic rings. The predicted octanol–water partition coefficient (Wildman–Crippen LogP) is 2.77. The lowest BCUT2D eigenvalue weighted by molar-refractivity contribution is -0.274. The molecule has 0 saturated carbocycles. The number of halogens is 3. The Kier molecular flexibility index (Phi) is 5.15. The van der Waals surface area contributed by atoms with Crippen molar-refractivity contribution in [2.45, 2.75) is 19.7 Å². The molecular formula is C12H14F3NO2. The van der Waals surface area contributed by atoms with Gasteiger partial charge < -0.3 is 10.1 Å². The number of hydrogen-bond acceptors (Lipinski definition) is 3. The molecule has 18 heavy (non-hydrogen) atoms. The second-order valence-electron chi connectivity index (χ2n) is 3.60. The third kappa shape index (κ3) is 5.18. The van der Waals surface area contributed by atoms with E-state index in [1.807, 2.05) is 6.92 Å². The van der Waals surface area contributed by atoms with E-state index in [0.29, 0.717) is 6.54 Å². The maximum Gasteiger partial charge on any atom is 0.573 e. The Morgan fingerprint density at radius 3 is 2.72 bits per heavy atom. The zero-order chi connectivity index (χ0) is 13.6. The minimum absolute atomic E-state index is 0.217. The highest BCUT2D eigenvalue weighted by atomic mass is 19.4. The van der Waals surface area contributed by atoms with E-state index in [4.69, 9.17) is 0 Å². The van der Waals surface area contributed by atoms with Crippen LogP contribution in [0.3, 0.4) is 0 Å². The van der Waals surface area contributed by atoms with E-state index in [1.54, 1.807) is 0 Å². The van der Waals surface area contributed by atoms with Crippen LogP contribution in [0.1, 0.15) is 23.7 Å². The van der Waals surface area contributed by atoms with Crippen LogP contribution >= 0.6 is 0 Å². The number of carbonyl (C=O) groups is 1. The highest BCUT2D eigenvalue weighted by molar-refractivity contribution is 5.96. The molecule has 0 atom stereocenters. The Labute approximate surface area is 103 Å². The van der Waals surface area contributed by atoms with E-state index in [0.717, 1.165) is 18.7 Å². The molecular weight excluding hydrogens is 247 g/mol. The zero-order valence-electron chi connectivity index (χ0n) is 9.88. The smallest absolute Gasteiger partial charge is 0.406 e. The lowest BCUT2D eigenvalue weighted by Gasteiger charge is -2.09. The van der Waals surface area contributed by atoms with Crippen LogP contribution in [-0.4, -0.2) is 25.2 Å². The number of rotatable bonds is 6. The summed E-state index contributed by atoms with van der Waals surface area (Å²) in [5.41, 5.74) is 0.217. The van der Waals surface area contributed by atoms with Crippen molar-refractivity contribution in [2.24, 2.45) is 0 Å². The number of ether oxygens (including phenoxy) is 1. The lowest BCUT2D eigenvalue weighted by atomic mass is 10.1. The van der Waals surface area contributed by atoms with Gasteiger partial charge in [0.05, 0.1) is 0 Å². The standard InChI is InChI=1S/C12H14F3NO2/c1-2-16-7-6-11(17)9-4-3-5-10(8-9)18-12(13,14)15/h3-5,8,16H,2,6-7H2,1H3. The van der Waals surface area contributed by atoms with Gasteiger partial charge in [0.1, 0.15) is 5.75 Å². The van der Waals surface area contributed by atoms with Gasteiger partial charge in [0, 0.05) is 18.5 Å². The molecule has 1 aromatic carbocycles. The molecule has 0 aliphatic heterocycles. The van der Waals surface area contributed by atoms with Gasteiger partial charge in [-0.3, -0.25) is 4.79 Å². The zero-order valence-corrected chi connectivity index (χ0v) is 9.88. The van der Waals surface area contributed by atoms with Gasteiger partial charge in [0.2, 0.25) is 0 Å². The van der Waals surface area contributed by atoms with Crippen molar-refractivity contribution in [3.8, 4) is 5.75 Å². The van der Waals surface area contributed by atoms with Crippen LogP contribution < -0.4 is 10.1 Å². The van der Waals surface area contributed by atoms with Gasteiger partial charge in [0.15, 0.2) is 5.78 Å². The number of hydrogen-bond donors (Lipinski definition) is 1. The average molecular weight is 261 g/mol. The first-order chi connectivity index (χ1) is 8.42. The third-order valence-corrected chi connectivity index (χ3v) is 2.17. The Bertz CT molecular complexity index is 405. The summed E-state index contributed by atoms with van der Waals surface area (Å²) in [4.78, 5) is 11.7. The van der Waals surface area contributed by atoms with Crippen molar-refractivity contribution in [1.29, 1.82) is 0 Å². The van der Waals surface area contributed by atoms with Gasteiger partial charge >= 0.3 is 6.36 Å². The summed E-state index contributed by atoms with van der Waals surface area (Å²) in [5.74, 6) is -0.597. The van der Waals surface area contributed by atoms with Crippen LogP contribution in [-0.2, 0) is 0 Å². The molecule has 3 nitrogen and oxygen atoms in total. The summed E-state index contributed by atoms with van der Waals surface area (Å²) in [5, 5.41) is 2.97. The molecule has 0 bridgehead atoms. The van der Waals surface area contributed by atoms with Gasteiger partial charge in [-0.2, -0.15) is 0 Å². The third-order valence-electron chi connectivity index (χ3n) is 2.17. The van der Waals surface area contributed by atoms with Crippen LogP contribution in [0.2, 0.25) is 0 Å². The van der Waals surface area contributed by atoms with Crippen molar-refractivity contribution < 1.29 is 22.7 Å². The van der Waals surface area contributed by atoms with Gasteiger partial charge in [-0.1, -0.05) is 19.1 Å². The minimum atomic E-state index is -4.74. The maximum atomic E-state index is 12.0. The molecule has 0 radical (unpaired) electrons. The maximum absolute atomic E-state index is 12.0.